The van der Waals surface area contributed by atoms with E-state index < -0.39 is 10.0 Å². The summed E-state index contributed by atoms with van der Waals surface area (Å²) in [6, 6.07) is 14.1. The Balaban J connectivity index is 1.48. The molecule has 2 heterocycles. The molecule has 0 aliphatic carbocycles. The Labute approximate surface area is 171 Å². The maximum atomic E-state index is 12.4. The maximum absolute atomic E-state index is 12.4. The number of thiazole rings is 1. The lowest BCUT2D eigenvalue weighted by Crippen LogP contribution is -2.26. The summed E-state index contributed by atoms with van der Waals surface area (Å²) >= 11 is 7.40. The second-order valence-electron chi connectivity index (χ2n) is 6.32. The van der Waals surface area contributed by atoms with Gasteiger partial charge in [0.25, 0.3) is 0 Å². The van der Waals surface area contributed by atoms with Crippen LogP contribution in [0.5, 0.6) is 0 Å². The minimum absolute atomic E-state index is 0.263. The minimum Gasteiger partial charge on any atom is -0.211 e. The van der Waals surface area contributed by atoms with Gasteiger partial charge >= 0.3 is 0 Å². The summed E-state index contributed by atoms with van der Waals surface area (Å²) in [7, 11) is -3.53. The van der Waals surface area contributed by atoms with Crippen LogP contribution in [0.4, 0.5) is 0 Å². The van der Waals surface area contributed by atoms with Crippen molar-refractivity contribution in [3.63, 3.8) is 0 Å². The maximum Gasteiger partial charge on any atom is 0.240 e. The van der Waals surface area contributed by atoms with Crippen LogP contribution in [0, 0.1) is 6.92 Å². The molecule has 0 radical (unpaired) electrons. The SMILES string of the molecule is Cc1ccc(S(=O)(=O)NCCc2csc3nc(-c4ccc(Cl)cc4)nn23)cc1. The summed E-state index contributed by atoms with van der Waals surface area (Å²) in [6.45, 7) is 2.19. The first-order valence-corrected chi connectivity index (χ1v) is 11.3. The monoisotopic (exact) mass is 432 g/mol. The van der Waals surface area contributed by atoms with Gasteiger partial charge < -0.3 is 0 Å². The van der Waals surface area contributed by atoms with Crippen molar-refractivity contribution in [3.8, 4) is 11.4 Å². The van der Waals surface area contributed by atoms with E-state index in [1.165, 1.54) is 11.3 Å². The Bertz CT molecular complexity index is 1210. The molecule has 0 atom stereocenters. The molecule has 4 rings (SSSR count). The molecule has 2 aromatic heterocycles. The molecule has 0 aliphatic heterocycles. The summed E-state index contributed by atoms with van der Waals surface area (Å²) < 4.78 is 29.2. The molecule has 28 heavy (non-hydrogen) atoms. The molecular weight excluding hydrogens is 416 g/mol. The van der Waals surface area contributed by atoms with Gasteiger partial charge in [0.05, 0.1) is 10.6 Å². The third kappa shape index (κ3) is 3.95. The van der Waals surface area contributed by atoms with E-state index in [-0.39, 0.29) is 11.4 Å². The number of hydrogen-bond acceptors (Lipinski definition) is 5. The molecule has 0 saturated carbocycles. The summed E-state index contributed by atoms with van der Waals surface area (Å²) in [5.41, 5.74) is 2.80. The van der Waals surface area contributed by atoms with Crippen LogP contribution < -0.4 is 4.72 Å². The van der Waals surface area contributed by atoms with Gasteiger partial charge in [0, 0.05) is 28.9 Å². The molecule has 0 amide bonds. The average molecular weight is 433 g/mol. The van der Waals surface area contributed by atoms with Crippen LogP contribution in [0.2, 0.25) is 5.02 Å². The zero-order valence-corrected chi connectivity index (χ0v) is 17.4. The minimum atomic E-state index is -3.53. The number of rotatable bonds is 6. The number of aromatic nitrogens is 3. The largest absolute Gasteiger partial charge is 0.240 e. The predicted molar refractivity (Wildman–Crippen MR) is 111 cm³/mol. The number of fused-ring (bicyclic) bond motifs is 1. The Morgan fingerprint density at radius 1 is 1.11 bits per heavy atom. The van der Waals surface area contributed by atoms with Gasteiger partial charge in [-0.1, -0.05) is 29.3 Å². The van der Waals surface area contributed by atoms with E-state index in [0.717, 1.165) is 21.8 Å². The number of sulfonamides is 1. The van der Waals surface area contributed by atoms with Gasteiger partial charge in [-0.25, -0.2) is 17.7 Å². The lowest BCUT2D eigenvalue weighted by molar-refractivity contribution is 0.581. The Morgan fingerprint density at radius 2 is 1.82 bits per heavy atom. The molecule has 0 spiro atoms. The van der Waals surface area contributed by atoms with E-state index in [2.05, 4.69) is 14.8 Å². The third-order valence-corrected chi connectivity index (χ3v) is 6.85. The fourth-order valence-corrected chi connectivity index (χ4v) is 4.75. The van der Waals surface area contributed by atoms with Crippen LogP contribution in [0.3, 0.4) is 0 Å². The van der Waals surface area contributed by atoms with Crippen LogP contribution >= 0.6 is 22.9 Å². The van der Waals surface area contributed by atoms with Crippen molar-refractivity contribution in [1.82, 2.24) is 19.3 Å². The van der Waals surface area contributed by atoms with Crippen molar-refractivity contribution in [2.24, 2.45) is 0 Å². The molecule has 0 unspecified atom stereocenters. The summed E-state index contributed by atoms with van der Waals surface area (Å²) in [4.78, 5) is 5.56. The number of nitrogens with zero attached hydrogens (tertiary/aromatic N) is 3. The van der Waals surface area contributed by atoms with E-state index in [9.17, 15) is 8.42 Å². The number of benzene rings is 2. The third-order valence-electron chi connectivity index (χ3n) is 4.26. The fraction of sp³-hybridized carbons (Fsp3) is 0.158. The number of nitrogens with one attached hydrogen (secondary N) is 1. The van der Waals surface area contributed by atoms with Crippen LogP contribution in [0.25, 0.3) is 16.3 Å². The van der Waals surface area contributed by atoms with Gasteiger partial charge in [0.2, 0.25) is 15.0 Å². The number of hydrogen-bond donors (Lipinski definition) is 1. The molecule has 0 bridgehead atoms. The van der Waals surface area contributed by atoms with E-state index >= 15 is 0 Å². The highest BCUT2D eigenvalue weighted by atomic mass is 35.5. The fourth-order valence-electron chi connectivity index (χ4n) is 2.73. The second-order valence-corrected chi connectivity index (χ2v) is 9.36. The van der Waals surface area contributed by atoms with E-state index in [0.29, 0.717) is 17.3 Å². The zero-order valence-electron chi connectivity index (χ0n) is 15.0. The first kappa shape index (κ1) is 19.1. The normalized spacial score (nSPS) is 11.9. The van der Waals surface area contributed by atoms with Gasteiger partial charge in [0.15, 0.2) is 5.82 Å². The summed E-state index contributed by atoms with van der Waals surface area (Å²) in [5.74, 6) is 0.616. The smallest absolute Gasteiger partial charge is 0.211 e. The Hall–Kier alpha value is -2.26. The van der Waals surface area contributed by atoms with Crippen LogP contribution in [0.15, 0.2) is 58.8 Å². The molecule has 2 aromatic carbocycles. The molecule has 0 saturated heterocycles. The van der Waals surface area contributed by atoms with E-state index in [1.807, 2.05) is 24.4 Å². The molecular formula is C19H17ClN4O2S2. The number of aryl methyl sites for hydroxylation is 1. The van der Waals surface area contributed by atoms with Crippen molar-refractivity contribution in [1.29, 1.82) is 0 Å². The molecule has 4 aromatic rings. The second kappa shape index (κ2) is 7.63. The van der Waals surface area contributed by atoms with Crippen molar-refractivity contribution >= 4 is 37.9 Å². The molecule has 6 nitrogen and oxygen atoms in total. The molecule has 144 valence electrons. The highest BCUT2D eigenvalue weighted by Crippen LogP contribution is 2.22. The first-order chi connectivity index (χ1) is 13.4. The van der Waals surface area contributed by atoms with E-state index in [4.69, 9.17) is 11.6 Å². The van der Waals surface area contributed by atoms with Gasteiger partial charge in [-0.15, -0.1) is 16.4 Å². The van der Waals surface area contributed by atoms with Crippen LogP contribution in [-0.2, 0) is 16.4 Å². The quantitative estimate of drug-likeness (QED) is 0.500. The summed E-state index contributed by atoms with van der Waals surface area (Å²) in [6.07, 6.45) is 0.508. The number of halogens is 1. The van der Waals surface area contributed by atoms with Crippen molar-refractivity contribution in [3.05, 3.63) is 70.2 Å². The lowest BCUT2D eigenvalue weighted by atomic mass is 10.2. The van der Waals surface area contributed by atoms with Crippen LogP contribution in [0.1, 0.15) is 11.3 Å². The highest BCUT2D eigenvalue weighted by molar-refractivity contribution is 7.89. The molecule has 1 N–H and O–H groups in total. The van der Waals surface area contributed by atoms with Crippen LogP contribution in [-0.4, -0.2) is 29.6 Å². The van der Waals surface area contributed by atoms with E-state index in [1.54, 1.807) is 40.9 Å². The topological polar surface area (TPSA) is 76.4 Å². The first-order valence-electron chi connectivity index (χ1n) is 8.58. The molecule has 9 heteroatoms. The zero-order chi connectivity index (χ0) is 19.7. The average Bonchev–Trinajstić information content (AvgIpc) is 3.24. The van der Waals surface area contributed by atoms with Gasteiger partial charge in [-0.2, -0.15) is 4.98 Å². The standard InChI is InChI=1S/C19H17ClN4O2S2/c1-13-2-8-17(9-3-13)28(25,26)21-11-10-16-12-27-19-22-18(23-24(16)19)14-4-6-15(20)7-5-14/h2-9,12,21H,10-11H2,1H3. The van der Waals surface area contributed by atoms with Crippen molar-refractivity contribution < 1.29 is 8.42 Å². The van der Waals surface area contributed by atoms with Gasteiger partial charge in [-0.3, -0.25) is 0 Å². The lowest BCUT2D eigenvalue weighted by Gasteiger charge is -2.06. The van der Waals surface area contributed by atoms with Gasteiger partial charge in [0.1, 0.15) is 0 Å². The van der Waals surface area contributed by atoms with Crippen molar-refractivity contribution in [2.45, 2.75) is 18.2 Å². The highest BCUT2D eigenvalue weighted by Gasteiger charge is 2.15. The molecule has 0 aliphatic rings. The summed E-state index contributed by atoms with van der Waals surface area (Å²) in [5, 5.41) is 7.16. The van der Waals surface area contributed by atoms with Crippen molar-refractivity contribution in [2.75, 3.05) is 6.54 Å². The Morgan fingerprint density at radius 3 is 2.54 bits per heavy atom. The Kier molecular flexibility index (Phi) is 5.20. The predicted octanol–water partition coefficient (Wildman–Crippen LogP) is 3.94. The van der Waals surface area contributed by atoms with Gasteiger partial charge in [-0.05, 0) is 43.3 Å². The molecule has 0 fully saturated rings.